The molecule has 0 aliphatic carbocycles. The molecule has 0 radical (unpaired) electrons. The summed E-state index contributed by atoms with van der Waals surface area (Å²) < 4.78 is 4.31. The van der Waals surface area contributed by atoms with Gasteiger partial charge in [-0.05, 0) is 12.5 Å². The fourth-order valence-electron chi connectivity index (χ4n) is 2.67. The van der Waals surface area contributed by atoms with Crippen molar-refractivity contribution in [1.29, 1.82) is 0 Å². The number of benzene rings is 1. The van der Waals surface area contributed by atoms with Crippen molar-refractivity contribution in [3.63, 3.8) is 0 Å². The van der Waals surface area contributed by atoms with Crippen molar-refractivity contribution in [2.24, 2.45) is 14.1 Å². The van der Waals surface area contributed by atoms with Crippen LogP contribution in [0.4, 0.5) is 5.95 Å². The van der Waals surface area contributed by atoms with Gasteiger partial charge in [0.1, 0.15) is 0 Å². The van der Waals surface area contributed by atoms with Crippen LogP contribution in [0.5, 0.6) is 0 Å². The molecule has 3 rings (SSSR count). The number of nitrogens with zero attached hydrogens (tertiary/aromatic N) is 4. The largest absolute Gasteiger partial charge is 0.352 e. The predicted octanol–water partition coefficient (Wildman–Crippen LogP) is 1.07. The highest BCUT2D eigenvalue weighted by atomic mass is 16.2. The van der Waals surface area contributed by atoms with Crippen LogP contribution in [-0.2, 0) is 27.2 Å². The number of imidazole rings is 1. The average Bonchev–Trinajstić information content (AvgIpc) is 2.96. The van der Waals surface area contributed by atoms with E-state index in [1.807, 2.05) is 37.3 Å². The molecule has 1 aromatic carbocycles. The summed E-state index contributed by atoms with van der Waals surface area (Å²) in [6, 6.07) is 9.93. The normalized spacial score (nSPS) is 11.1. The molecule has 0 bridgehead atoms. The number of hydrogen-bond donors (Lipinski definition) is 1. The van der Waals surface area contributed by atoms with Gasteiger partial charge >= 0.3 is 5.69 Å². The van der Waals surface area contributed by atoms with E-state index >= 15 is 0 Å². The van der Waals surface area contributed by atoms with Gasteiger partial charge in [-0.3, -0.25) is 13.9 Å². The fraction of sp³-hybridized carbons (Fsp3) is 0.312. The molecular formula is C16H19N5O2. The number of fused-ring (bicyclic) bond motifs is 1. The van der Waals surface area contributed by atoms with E-state index in [-0.39, 0.29) is 11.2 Å². The third kappa shape index (κ3) is 2.44. The van der Waals surface area contributed by atoms with Gasteiger partial charge in [-0.2, -0.15) is 4.98 Å². The van der Waals surface area contributed by atoms with Crippen LogP contribution in [0, 0.1) is 0 Å². The first-order valence-corrected chi connectivity index (χ1v) is 7.48. The van der Waals surface area contributed by atoms with Crippen LogP contribution in [-0.4, -0.2) is 18.7 Å². The highest BCUT2D eigenvalue weighted by molar-refractivity contribution is 5.74. The van der Waals surface area contributed by atoms with Gasteiger partial charge < -0.3 is 9.88 Å². The first kappa shape index (κ1) is 15.1. The van der Waals surface area contributed by atoms with E-state index in [0.717, 1.165) is 10.1 Å². The lowest BCUT2D eigenvalue weighted by Crippen LogP contribution is -2.37. The lowest BCUT2D eigenvalue weighted by Gasteiger charge is -2.08. The smallest absolute Gasteiger partial charge is 0.332 e. The summed E-state index contributed by atoms with van der Waals surface area (Å²) in [5.41, 5.74) is 1.25. The van der Waals surface area contributed by atoms with Crippen molar-refractivity contribution in [1.82, 2.24) is 18.7 Å². The Bertz CT molecular complexity index is 966. The lowest BCUT2D eigenvalue weighted by molar-refractivity contribution is 0.700. The van der Waals surface area contributed by atoms with Gasteiger partial charge in [-0.15, -0.1) is 0 Å². The van der Waals surface area contributed by atoms with Gasteiger partial charge in [0.2, 0.25) is 5.95 Å². The zero-order valence-corrected chi connectivity index (χ0v) is 13.4. The van der Waals surface area contributed by atoms with Crippen LogP contribution < -0.4 is 16.6 Å². The Labute approximate surface area is 132 Å². The highest BCUT2D eigenvalue weighted by Crippen LogP contribution is 2.16. The Hall–Kier alpha value is -2.83. The van der Waals surface area contributed by atoms with Crippen LogP contribution in [0.15, 0.2) is 39.9 Å². The second-order valence-electron chi connectivity index (χ2n) is 5.40. The molecule has 0 fully saturated rings. The van der Waals surface area contributed by atoms with Crippen molar-refractivity contribution in [3.8, 4) is 0 Å². The number of rotatable bonds is 4. The minimum Gasteiger partial charge on any atom is -0.352 e. The summed E-state index contributed by atoms with van der Waals surface area (Å²) in [5, 5.41) is 3.25. The zero-order valence-electron chi connectivity index (χ0n) is 13.4. The lowest BCUT2D eigenvalue weighted by atomic mass is 10.2. The summed E-state index contributed by atoms with van der Waals surface area (Å²) in [7, 11) is 3.10. The minimum atomic E-state index is -0.377. The molecule has 1 N–H and O–H groups in total. The third-order valence-electron chi connectivity index (χ3n) is 3.96. The van der Waals surface area contributed by atoms with Gasteiger partial charge in [-0.1, -0.05) is 30.3 Å². The van der Waals surface area contributed by atoms with E-state index < -0.39 is 0 Å². The summed E-state index contributed by atoms with van der Waals surface area (Å²) in [5.74, 6) is 0.588. The van der Waals surface area contributed by atoms with Crippen molar-refractivity contribution in [2.45, 2.75) is 20.0 Å². The molecule has 7 heteroatoms. The molecule has 0 spiro atoms. The molecule has 0 unspecified atom stereocenters. The molecule has 0 atom stereocenters. The van der Waals surface area contributed by atoms with Crippen LogP contribution in [0.25, 0.3) is 11.2 Å². The average molecular weight is 313 g/mol. The van der Waals surface area contributed by atoms with E-state index in [4.69, 9.17) is 0 Å². The standard InChI is InChI=1S/C16H19N5O2/c1-4-21-12-13(19(2)16(23)20(3)14(12)22)18-15(21)17-10-11-8-6-5-7-9-11/h5-9H,4,10H2,1-3H3,(H,17,18). The van der Waals surface area contributed by atoms with Crippen LogP contribution in [0.1, 0.15) is 12.5 Å². The Morgan fingerprint density at radius 1 is 1.09 bits per heavy atom. The van der Waals surface area contributed by atoms with E-state index in [0.29, 0.717) is 30.2 Å². The Morgan fingerprint density at radius 2 is 1.78 bits per heavy atom. The second kappa shape index (κ2) is 5.75. The molecule has 7 nitrogen and oxygen atoms in total. The van der Waals surface area contributed by atoms with Gasteiger partial charge in [0, 0.05) is 27.2 Å². The number of hydrogen-bond acceptors (Lipinski definition) is 4. The second-order valence-corrected chi connectivity index (χ2v) is 5.40. The maximum atomic E-state index is 12.4. The fourth-order valence-corrected chi connectivity index (χ4v) is 2.67. The number of aryl methyl sites for hydroxylation is 2. The first-order chi connectivity index (χ1) is 11.0. The number of nitrogens with one attached hydrogen (secondary N) is 1. The van der Waals surface area contributed by atoms with E-state index in [1.165, 1.54) is 11.6 Å². The Morgan fingerprint density at radius 3 is 2.43 bits per heavy atom. The quantitative estimate of drug-likeness (QED) is 0.782. The van der Waals surface area contributed by atoms with Crippen molar-refractivity contribution >= 4 is 17.1 Å². The summed E-state index contributed by atoms with van der Waals surface area (Å²) in [6.07, 6.45) is 0. The monoisotopic (exact) mass is 313 g/mol. The maximum Gasteiger partial charge on any atom is 0.332 e. The summed E-state index contributed by atoms with van der Waals surface area (Å²) in [4.78, 5) is 28.9. The molecule has 2 aromatic heterocycles. The molecule has 0 aliphatic heterocycles. The van der Waals surface area contributed by atoms with Crippen LogP contribution in [0.2, 0.25) is 0 Å². The molecule has 3 aromatic rings. The molecule has 120 valence electrons. The minimum absolute atomic E-state index is 0.329. The van der Waals surface area contributed by atoms with E-state index in [9.17, 15) is 9.59 Å². The van der Waals surface area contributed by atoms with Crippen LogP contribution >= 0.6 is 0 Å². The number of anilines is 1. The van der Waals surface area contributed by atoms with Gasteiger partial charge in [0.15, 0.2) is 11.2 Å². The molecule has 2 heterocycles. The SMILES string of the molecule is CCn1c(NCc2ccccc2)nc2c1c(=O)n(C)c(=O)n2C. The molecule has 0 amide bonds. The molecular weight excluding hydrogens is 294 g/mol. The Kier molecular flexibility index (Phi) is 3.77. The van der Waals surface area contributed by atoms with Gasteiger partial charge in [0.05, 0.1) is 0 Å². The summed E-state index contributed by atoms with van der Waals surface area (Å²) in [6.45, 7) is 3.12. The third-order valence-corrected chi connectivity index (χ3v) is 3.96. The first-order valence-electron chi connectivity index (χ1n) is 7.48. The number of aromatic nitrogens is 4. The Balaban J connectivity index is 2.11. The van der Waals surface area contributed by atoms with Crippen molar-refractivity contribution < 1.29 is 0 Å². The van der Waals surface area contributed by atoms with Gasteiger partial charge in [-0.25, -0.2) is 4.79 Å². The topological polar surface area (TPSA) is 73.8 Å². The molecule has 0 aliphatic rings. The van der Waals surface area contributed by atoms with E-state index in [2.05, 4.69) is 10.3 Å². The maximum absolute atomic E-state index is 12.4. The molecule has 0 saturated heterocycles. The molecule has 0 saturated carbocycles. The van der Waals surface area contributed by atoms with Gasteiger partial charge in [0.25, 0.3) is 5.56 Å². The molecule has 23 heavy (non-hydrogen) atoms. The van der Waals surface area contributed by atoms with Crippen molar-refractivity contribution in [3.05, 3.63) is 56.7 Å². The van der Waals surface area contributed by atoms with Crippen LogP contribution in [0.3, 0.4) is 0 Å². The van der Waals surface area contributed by atoms with Crippen molar-refractivity contribution in [2.75, 3.05) is 5.32 Å². The van der Waals surface area contributed by atoms with E-state index in [1.54, 1.807) is 11.6 Å². The zero-order chi connectivity index (χ0) is 16.6. The highest BCUT2D eigenvalue weighted by Gasteiger charge is 2.17. The predicted molar refractivity (Wildman–Crippen MR) is 89.7 cm³/mol. The summed E-state index contributed by atoms with van der Waals surface area (Å²) >= 11 is 0.